The van der Waals surface area contributed by atoms with Crippen LogP contribution in [0.4, 0.5) is 16.4 Å². The molecular formula is C24H23N3O3S. The van der Waals surface area contributed by atoms with Crippen LogP contribution in [0.1, 0.15) is 58.0 Å². The number of rotatable bonds is 5. The van der Waals surface area contributed by atoms with Crippen molar-refractivity contribution in [3.05, 3.63) is 76.2 Å². The summed E-state index contributed by atoms with van der Waals surface area (Å²) >= 11 is 1.30. The minimum Gasteiger partial charge on any atom is -0.326 e. The first kappa shape index (κ1) is 20.8. The monoisotopic (exact) mass is 433 g/mol. The van der Waals surface area contributed by atoms with Crippen LogP contribution in [0.15, 0.2) is 53.9 Å². The molecule has 2 aromatic carbocycles. The molecule has 3 aromatic rings. The van der Waals surface area contributed by atoms with Crippen LogP contribution in [0.25, 0.3) is 0 Å². The summed E-state index contributed by atoms with van der Waals surface area (Å²) in [6.07, 6.45) is 1.07. The molecule has 7 heteroatoms. The number of hydrogen-bond acceptors (Lipinski definition) is 4. The molecule has 0 fully saturated rings. The van der Waals surface area contributed by atoms with Crippen LogP contribution in [-0.2, 0) is 11.2 Å². The van der Waals surface area contributed by atoms with E-state index in [0.29, 0.717) is 40.6 Å². The summed E-state index contributed by atoms with van der Waals surface area (Å²) in [5.74, 6) is -0.158. The molecule has 0 radical (unpaired) electrons. The molecule has 31 heavy (non-hydrogen) atoms. The van der Waals surface area contributed by atoms with E-state index < -0.39 is 0 Å². The highest BCUT2D eigenvalue weighted by atomic mass is 32.1. The van der Waals surface area contributed by atoms with Crippen molar-refractivity contribution in [2.24, 2.45) is 0 Å². The van der Waals surface area contributed by atoms with Crippen molar-refractivity contribution in [2.45, 2.75) is 32.6 Å². The average molecular weight is 434 g/mol. The number of hydrogen-bond donors (Lipinski definition) is 3. The Kier molecular flexibility index (Phi) is 5.86. The van der Waals surface area contributed by atoms with Gasteiger partial charge in [0.15, 0.2) is 0 Å². The first-order chi connectivity index (χ1) is 14.9. The summed E-state index contributed by atoms with van der Waals surface area (Å²) in [4.78, 5) is 37.0. The van der Waals surface area contributed by atoms with E-state index in [0.717, 1.165) is 16.8 Å². The van der Waals surface area contributed by atoms with Crippen LogP contribution >= 0.6 is 11.3 Å². The number of anilines is 3. The van der Waals surface area contributed by atoms with E-state index in [1.54, 1.807) is 35.7 Å². The van der Waals surface area contributed by atoms with Crippen molar-refractivity contribution >= 4 is 45.4 Å². The summed E-state index contributed by atoms with van der Waals surface area (Å²) in [6, 6.07) is 14.6. The quantitative estimate of drug-likeness (QED) is 0.513. The van der Waals surface area contributed by atoms with E-state index in [9.17, 15) is 14.4 Å². The number of aryl methyl sites for hydroxylation is 1. The molecule has 2 heterocycles. The largest absolute Gasteiger partial charge is 0.326 e. The Morgan fingerprint density at radius 3 is 2.48 bits per heavy atom. The predicted octanol–water partition coefficient (Wildman–Crippen LogP) is 5.26. The third kappa shape index (κ3) is 4.67. The standard InChI is InChI=1S/C24H23N3O3S/c1-14(2)15-3-5-16(6-4-15)22(29)27-24-19(11-12-31-24)23(30)25-18-8-9-20-17(13-18)7-10-21(28)26-20/h3-6,8-9,11-14H,7,10H2,1-2H3,(H,25,30)(H,26,28)(H,27,29). The molecular weight excluding hydrogens is 410 g/mol. The molecule has 1 aliphatic rings. The summed E-state index contributed by atoms with van der Waals surface area (Å²) in [7, 11) is 0. The summed E-state index contributed by atoms with van der Waals surface area (Å²) in [5.41, 5.74) is 4.52. The number of amides is 3. The maximum atomic E-state index is 12.8. The molecule has 0 spiro atoms. The van der Waals surface area contributed by atoms with Gasteiger partial charge in [0.1, 0.15) is 5.00 Å². The number of carbonyl (C=O) groups excluding carboxylic acids is 3. The van der Waals surface area contributed by atoms with Gasteiger partial charge in [-0.1, -0.05) is 26.0 Å². The average Bonchev–Trinajstić information content (AvgIpc) is 3.22. The van der Waals surface area contributed by atoms with Crippen LogP contribution in [-0.4, -0.2) is 17.7 Å². The molecule has 0 aliphatic carbocycles. The number of thiophene rings is 1. The third-order valence-electron chi connectivity index (χ3n) is 5.24. The van der Waals surface area contributed by atoms with E-state index in [1.165, 1.54) is 11.3 Å². The van der Waals surface area contributed by atoms with Crippen LogP contribution in [0.3, 0.4) is 0 Å². The van der Waals surface area contributed by atoms with Crippen LogP contribution in [0.5, 0.6) is 0 Å². The van der Waals surface area contributed by atoms with Gasteiger partial charge in [0.2, 0.25) is 5.91 Å². The number of carbonyl (C=O) groups is 3. The van der Waals surface area contributed by atoms with Crippen molar-refractivity contribution in [3.8, 4) is 0 Å². The fraction of sp³-hybridized carbons (Fsp3) is 0.208. The van der Waals surface area contributed by atoms with Crippen LogP contribution in [0, 0.1) is 0 Å². The molecule has 3 amide bonds. The van der Waals surface area contributed by atoms with Crippen LogP contribution in [0.2, 0.25) is 0 Å². The summed E-state index contributed by atoms with van der Waals surface area (Å²) < 4.78 is 0. The zero-order valence-electron chi connectivity index (χ0n) is 17.3. The zero-order valence-corrected chi connectivity index (χ0v) is 18.1. The maximum Gasteiger partial charge on any atom is 0.258 e. The third-order valence-corrected chi connectivity index (χ3v) is 6.06. The van der Waals surface area contributed by atoms with E-state index >= 15 is 0 Å². The van der Waals surface area contributed by atoms with Gasteiger partial charge in [0.25, 0.3) is 11.8 Å². The van der Waals surface area contributed by atoms with E-state index in [1.807, 2.05) is 18.2 Å². The fourth-order valence-electron chi connectivity index (χ4n) is 3.44. The molecule has 3 N–H and O–H groups in total. The number of nitrogens with one attached hydrogen (secondary N) is 3. The molecule has 1 aliphatic heterocycles. The number of benzene rings is 2. The fourth-order valence-corrected chi connectivity index (χ4v) is 4.22. The van der Waals surface area contributed by atoms with Gasteiger partial charge in [-0.25, -0.2) is 0 Å². The van der Waals surface area contributed by atoms with Gasteiger partial charge in [0.05, 0.1) is 5.56 Å². The maximum absolute atomic E-state index is 12.8. The smallest absolute Gasteiger partial charge is 0.258 e. The lowest BCUT2D eigenvalue weighted by Gasteiger charge is -2.17. The van der Waals surface area contributed by atoms with Gasteiger partial charge in [-0.3, -0.25) is 14.4 Å². The van der Waals surface area contributed by atoms with Gasteiger partial charge in [-0.05, 0) is 65.2 Å². The van der Waals surface area contributed by atoms with Crippen molar-refractivity contribution in [1.29, 1.82) is 0 Å². The lowest BCUT2D eigenvalue weighted by atomic mass is 10.0. The Hall–Kier alpha value is -3.45. The van der Waals surface area contributed by atoms with Crippen molar-refractivity contribution < 1.29 is 14.4 Å². The summed E-state index contributed by atoms with van der Waals surface area (Å²) in [6.45, 7) is 4.20. The molecule has 6 nitrogen and oxygen atoms in total. The summed E-state index contributed by atoms with van der Waals surface area (Å²) in [5, 5.41) is 10.8. The van der Waals surface area contributed by atoms with E-state index in [-0.39, 0.29) is 17.7 Å². The molecule has 0 atom stereocenters. The predicted molar refractivity (Wildman–Crippen MR) is 124 cm³/mol. The van der Waals surface area contributed by atoms with Crippen LogP contribution < -0.4 is 16.0 Å². The highest BCUT2D eigenvalue weighted by Crippen LogP contribution is 2.28. The minimum atomic E-state index is -0.300. The minimum absolute atomic E-state index is 0.00166. The van der Waals surface area contributed by atoms with Crippen molar-refractivity contribution in [3.63, 3.8) is 0 Å². The highest BCUT2D eigenvalue weighted by Gasteiger charge is 2.18. The Balaban J connectivity index is 1.46. The highest BCUT2D eigenvalue weighted by molar-refractivity contribution is 7.14. The van der Waals surface area contributed by atoms with Gasteiger partial charge < -0.3 is 16.0 Å². The molecule has 4 rings (SSSR count). The molecule has 0 bridgehead atoms. The Morgan fingerprint density at radius 2 is 1.74 bits per heavy atom. The number of fused-ring (bicyclic) bond motifs is 1. The zero-order chi connectivity index (χ0) is 22.0. The van der Waals surface area contributed by atoms with Gasteiger partial charge >= 0.3 is 0 Å². The lowest BCUT2D eigenvalue weighted by molar-refractivity contribution is -0.116. The Bertz CT molecular complexity index is 1150. The van der Waals surface area contributed by atoms with Gasteiger partial charge in [-0.2, -0.15) is 0 Å². The second-order valence-corrected chi connectivity index (χ2v) is 8.68. The van der Waals surface area contributed by atoms with Gasteiger partial charge in [0, 0.05) is 23.4 Å². The topological polar surface area (TPSA) is 87.3 Å². The molecule has 0 saturated heterocycles. The second kappa shape index (κ2) is 8.73. The molecule has 158 valence electrons. The molecule has 0 saturated carbocycles. The Morgan fingerprint density at radius 1 is 0.968 bits per heavy atom. The Labute approximate surface area is 184 Å². The van der Waals surface area contributed by atoms with Gasteiger partial charge in [-0.15, -0.1) is 11.3 Å². The first-order valence-corrected chi connectivity index (χ1v) is 11.0. The van der Waals surface area contributed by atoms with E-state index in [2.05, 4.69) is 29.8 Å². The molecule has 0 unspecified atom stereocenters. The second-order valence-electron chi connectivity index (χ2n) is 7.77. The normalized spacial score (nSPS) is 12.8. The first-order valence-electron chi connectivity index (χ1n) is 10.1. The lowest BCUT2D eigenvalue weighted by Crippen LogP contribution is -2.20. The van der Waals surface area contributed by atoms with Crippen molar-refractivity contribution in [1.82, 2.24) is 0 Å². The van der Waals surface area contributed by atoms with Crippen molar-refractivity contribution in [2.75, 3.05) is 16.0 Å². The van der Waals surface area contributed by atoms with E-state index in [4.69, 9.17) is 0 Å². The molecule has 1 aromatic heterocycles. The SMILES string of the molecule is CC(C)c1ccc(C(=O)Nc2sccc2C(=O)Nc2ccc3c(c2)CCC(=O)N3)cc1.